The maximum Gasteiger partial charge on any atom is 0.237 e. The number of nitrogens with zero attached hydrogens (tertiary/aromatic N) is 4. The highest BCUT2D eigenvalue weighted by Crippen LogP contribution is 2.21. The molecule has 0 fully saturated rings. The molecule has 0 aliphatic rings. The number of fused-ring (bicyclic) bond motifs is 1. The lowest BCUT2D eigenvalue weighted by molar-refractivity contribution is 0.321. The van der Waals surface area contributed by atoms with Gasteiger partial charge in [0.15, 0.2) is 0 Å². The average Bonchev–Trinajstić information content (AvgIpc) is 3.01. The van der Waals surface area contributed by atoms with Gasteiger partial charge in [-0.25, -0.2) is 9.97 Å². The van der Waals surface area contributed by atoms with E-state index < -0.39 is 10.8 Å². The fourth-order valence-electron chi connectivity index (χ4n) is 2.38. The summed E-state index contributed by atoms with van der Waals surface area (Å²) in [6, 6.07) is 7.75. The van der Waals surface area contributed by atoms with Gasteiger partial charge in [-0.15, -0.1) is 0 Å². The predicted molar refractivity (Wildman–Crippen MR) is 94.8 cm³/mol. The third-order valence-corrected chi connectivity index (χ3v) is 4.87. The van der Waals surface area contributed by atoms with Crippen molar-refractivity contribution >= 4 is 27.5 Å². The summed E-state index contributed by atoms with van der Waals surface area (Å²) in [6.07, 6.45) is 3.53. The van der Waals surface area contributed by atoms with Gasteiger partial charge >= 0.3 is 0 Å². The molecule has 3 aromatic rings. The van der Waals surface area contributed by atoms with Gasteiger partial charge in [-0.3, -0.25) is 8.78 Å². The van der Waals surface area contributed by atoms with E-state index in [1.807, 2.05) is 42.0 Å². The van der Waals surface area contributed by atoms with E-state index in [4.69, 9.17) is 5.11 Å². The summed E-state index contributed by atoms with van der Waals surface area (Å²) in [7, 11) is -1.04. The molecule has 2 aromatic heterocycles. The summed E-state index contributed by atoms with van der Waals surface area (Å²) in [4.78, 5) is 13.4. The molecule has 2 heterocycles. The number of aryl methyl sites for hydroxylation is 1. The maximum atomic E-state index is 11.7. The van der Waals surface area contributed by atoms with E-state index in [-0.39, 0.29) is 6.61 Å². The van der Waals surface area contributed by atoms with Crippen molar-refractivity contribution in [3.63, 3.8) is 0 Å². The molecule has 7 nitrogen and oxygen atoms in total. The Morgan fingerprint density at radius 3 is 2.83 bits per heavy atom. The molecule has 8 heteroatoms. The number of aliphatic hydroxyl groups excluding tert-OH is 1. The molecule has 0 radical (unpaired) electrons. The quantitative estimate of drug-likeness (QED) is 0.670. The Balaban J connectivity index is 1.90. The number of aliphatic hydroxyl groups is 1. The van der Waals surface area contributed by atoms with Crippen molar-refractivity contribution in [2.45, 2.75) is 6.92 Å². The summed E-state index contributed by atoms with van der Waals surface area (Å²) in [6.45, 7) is 2.34. The summed E-state index contributed by atoms with van der Waals surface area (Å²) >= 11 is 0. The zero-order valence-corrected chi connectivity index (χ0v) is 14.2. The van der Waals surface area contributed by atoms with E-state index in [0.717, 1.165) is 16.7 Å². The van der Waals surface area contributed by atoms with Crippen LogP contribution in [-0.4, -0.2) is 53.5 Å². The van der Waals surface area contributed by atoms with Crippen molar-refractivity contribution in [2.75, 3.05) is 30.0 Å². The van der Waals surface area contributed by atoms with E-state index in [1.165, 1.54) is 0 Å². The van der Waals surface area contributed by atoms with Crippen LogP contribution in [0, 0.1) is 6.92 Å². The van der Waals surface area contributed by atoms with Gasteiger partial charge in [0.1, 0.15) is 11.6 Å². The van der Waals surface area contributed by atoms with Gasteiger partial charge < -0.3 is 10.4 Å². The third kappa shape index (κ3) is 3.60. The Morgan fingerprint density at radius 1 is 1.25 bits per heavy atom. The average molecular weight is 345 g/mol. The van der Waals surface area contributed by atoms with Crippen LogP contribution >= 0.6 is 0 Å². The van der Waals surface area contributed by atoms with Crippen LogP contribution in [-0.2, 0) is 10.8 Å². The lowest BCUT2D eigenvalue weighted by atomic mass is 10.2. The Labute approximate surface area is 142 Å². The largest absolute Gasteiger partial charge is 0.395 e. The lowest BCUT2D eigenvalue weighted by Crippen LogP contribution is -2.16. The Bertz CT molecular complexity index is 865. The molecule has 126 valence electrons. The minimum absolute atomic E-state index is 0.0624. The van der Waals surface area contributed by atoms with E-state index in [2.05, 4.69) is 20.3 Å². The number of hydrogen-bond donors (Lipinski definition) is 2. The minimum atomic E-state index is -1.04. The molecule has 1 aromatic carbocycles. The number of hydrogen-bond acceptors (Lipinski definition) is 6. The fourth-order valence-corrected chi connectivity index (χ4v) is 3.12. The van der Waals surface area contributed by atoms with Crippen LogP contribution < -0.4 is 5.32 Å². The highest BCUT2D eigenvalue weighted by Gasteiger charge is 2.10. The summed E-state index contributed by atoms with van der Waals surface area (Å²) < 4.78 is 13.5. The van der Waals surface area contributed by atoms with E-state index in [0.29, 0.717) is 29.8 Å². The molecule has 0 spiro atoms. The topological polar surface area (TPSA) is 92.9 Å². The van der Waals surface area contributed by atoms with Crippen LogP contribution in [0.15, 0.2) is 36.7 Å². The number of anilines is 1. The molecule has 0 amide bonds. The van der Waals surface area contributed by atoms with E-state index in [1.54, 1.807) is 6.20 Å². The van der Waals surface area contributed by atoms with Crippen molar-refractivity contribution in [3.8, 4) is 5.95 Å². The minimum Gasteiger partial charge on any atom is -0.395 e. The number of imidazole rings is 1. The van der Waals surface area contributed by atoms with Crippen LogP contribution in [0.3, 0.4) is 0 Å². The molecule has 2 N–H and O–H groups in total. The lowest BCUT2D eigenvalue weighted by Gasteiger charge is -2.11. The van der Waals surface area contributed by atoms with Crippen molar-refractivity contribution in [1.82, 2.24) is 19.5 Å². The molecule has 0 aliphatic heterocycles. The van der Waals surface area contributed by atoms with E-state index >= 15 is 0 Å². The van der Waals surface area contributed by atoms with Crippen LogP contribution in [0.2, 0.25) is 0 Å². The molecular weight excluding hydrogens is 326 g/mol. The van der Waals surface area contributed by atoms with Gasteiger partial charge in [0, 0.05) is 46.6 Å². The van der Waals surface area contributed by atoms with Gasteiger partial charge in [0.2, 0.25) is 5.95 Å². The van der Waals surface area contributed by atoms with Gasteiger partial charge in [-0.05, 0) is 19.1 Å². The Kier molecular flexibility index (Phi) is 5.17. The monoisotopic (exact) mass is 345 g/mol. The van der Waals surface area contributed by atoms with Crippen LogP contribution in [0.1, 0.15) is 5.82 Å². The molecule has 24 heavy (non-hydrogen) atoms. The van der Waals surface area contributed by atoms with Gasteiger partial charge in [-0.2, -0.15) is 4.98 Å². The first-order valence-electron chi connectivity index (χ1n) is 7.66. The first-order valence-corrected chi connectivity index (χ1v) is 9.14. The molecule has 3 rings (SSSR count). The second kappa shape index (κ2) is 7.50. The second-order valence-electron chi connectivity index (χ2n) is 5.23. The third-order valence-electron chi connectivity index (χ3n) is 3.57. The molecule has 1 atom stereocenters. The SMILES string of the molecule is Cc1nccn1-c1nc(NCCS(=O)CCO)c2ccccc2n1. The number of para-hydroxylation sites is 1. The van der Waals surface area contributed by atoms with Crippen molar-refractivity contribution < 1.29 is 9.32 Å². The second-order valence-corrected chi connectivity index (χ2v) is 6.93. The van der Waals surface area contributed by atoms with Gasteiger partial charge in [0.25, 0.3) is 0 Å². The first kappa shape index (κ1) is 16.5. The maximum absolute atomic E-state index is 11.7. The smallest absolute Gasteiger partial charge is 0.237 e. The highest BCUT2D eigenvalue weighted by atomic mass is 32.2. The van der Waals surface area contributed by atoms with E-state index in [9.17, 15) is 4.21 Å². The summed E-state index contributed by atoms with van der Waals surface area (Å²) in [5, 5.41) is 13.0. The predicted octanol–water partition coefficient (Wildman–Crippen LogP) is 1.28. The molecule has 0 aliphatic carbocycles. The summed E-state index contributed by atoms with van der Waals surface area (Å²) in [5.74, 6) is 2.80. The van der Waals surface area contributed by atoms with Gasteiger partial charge in [-0.1, -0.05) is 12.1 Å². The van der Waals surface area contributed by atoms with Crippen molar-refractivity contribution in [3.05, 3.63) is 42.5 Å². The number of nitrogens with one attached hydrogen (secondary N) is 1. The molecular formula is C16H19N5O2S. The normalized spacial score (nSPS) is 12.4. The standard InChI is InChI=1S/C16H19N5O2S/c1-12-17-6-8-21(12)16-19-14-5-3-2-4-13(14)15(20-16)18-7-10-24(23)11-9-22/h2-6,8,22H,7,9-11H2,1H3,(H,18,19,20). The van der Waals surface area contributed by atoms with Crippen LogP contribution in [0.25, 0.3) is 16.9 Å². The fraction of sp³-hybridized carbons (Fsp3) is 0.312. The zero-order valence-electron chi connectivity index (χ0n) is 13.3. The summed E-state index contributed by atoms with van der Waals surface area (Å²) in [5.41, 5.74) is 0.828. The number of rotatable bonds is 7. The number of benzene rings is 1. The van der Waals surface area contributed by atoms with Crippen molar-refractivity contribution in [2.24, 2.45) is 0 Å². The van der Waals surface area contributed by atoms with Crippen LogP contribution in [0.5, 0.6) is 0 Å². The Hall–Kier alpha value is -2.32. The molecule has 0 bridgehead atoms. The van der Waals surface area contributed by atoms with Crippen molar-refractivity contribution in [1.29, 1.82) is 0 Å². The number of aromatic nitrogens is 4. The Morgan fingerprint density at radius 2 is 2.08 bits per heavy atom. The molecule has 1 unspecified atom stereocenters. The van der Waals surface area contributed by atoms with Crippen LogP contribution in [0.4, 0.5) is 5.82 Å². The first-order chi connectivity index (χ1) is 11.7. The zero-order chi connectivity index (χ0) is 16.9. The highest BCUT2D eigenvalue weighted by molar-refractivity contribution is 7.85. The molecule has 0 saturated carbocycles. The van der Waals surface area contributed by atoms with Gasteiger partial charge in [0.05, 0.1) is 12.1 Å². The molecule has 0 saturated heterocycles.